The minimum absolute atomic E-state index is 0.0840. The molecule has 8 nitrogen and oxygen atoms in total. The van der Waals surface area contributed by atoms with Crippen LogP contribution in [0.25, 0.3) is 0 Å². The summed E-state index contributed by atoms with van der Waals surface area (Å²) in [6.07, 6.45) is 1.18. The van der Waals surface area contributed by atoms with Crippen LogP contribution >= 0.6 is 0 Å². The summed E-state index contributed by atoms with van der Waals surface area (Å²) in [5.41, 5.74) is 2.48. The minimum atomic E-state index is -0.406. The molecule has 0 spiro atoms. The van der Waals surface area contributed by atoms with Crippen LogP contribution in [0.5, 0.6) is 11.5 Å². The molecule has 2 amide bonds. The molecule has 1 fully saturated rings. The van der Waals surface area contributed by atoms with E-state index in [1.807, 2.05) is 42.5 Å². The molecule has 30 heavy (non-hydrogen) atoms. The van der Waals surface area contributed by atoms with Crippen molar-refractivity contribution < 1.29 is 23.8 Å². The highest BCUT2D eigenvalue weighted by molar-refractivity contribution is 5.99. The lowest BCUT2D eigenvalue weighted by atomic mass is 10.0. The van der Waals surface area contributed by atoms with E-state index in [1.165, 1.54) is 7.11 Å². The van der Waals surface area contributed by atoms with E-state index in [4.69, 9.17) is 9.47 Å². The molecule has 4 rings (SSSR count). The smallest absolute Gasteiger partial charge is 0.407 e. The minimum Gasteiger partial charge on any atom is -0.454 e. The molecule has 2 aromatic rings. The van der Waals surface area contributed by atoms with Gasteiger partial charge in [-0.3, -0.25) is 4.79 Å². The Morgan fingerprint density at radius 1 is 1.10 bits per heavy atom. The fourth-order valence-corrected chi connectivity index (χ4v) is 3.76. The molecule has 2 aromatic carbocycles. The van der Waals surface area contributed by atoms with E-state index >= 15 is 0 Å². The van der Waals surface area contributed by atoms with Crippen molar-refractivity contribution in [1.82, 2.24) is 10.6 Å². The second-order valence-corrected chi connectivity index (χ2v) is 7.28. The van der Waals surface area contributed by atoms with Gasteiger partial charge in [-0.25, -0.2) is 4.79 Å². The average Bonchev–Trinajstić information content (AvgIpc) is 3.26. The lowest BCUT2D eigenvalue weighted by Gasteiger charge is -2.34. The normalized spacial score (nSPS) is 15.6. The van der Waals surface area contributed by atoms with E-state index in [-0.39, 0.29) is 18.7 Å². The standard InChI is InChI=1S/C22H25N3O5/c1-28-22(27)24-16-8-10-25(11-9-16)18-5-3-2-4-17(18)21(26)23-13-15-6-7-19-20(12-15)30-14-29-19/h2-7,12,16H,8-11,13-14H2,1H3,(H,23,26)(H,24,27). The van der Waals surface area contributed by atoms with E-state index in [2.05, 4.69) is 20.3 Å². The van der Waals surface area contributed by atoms with Gasteiger partial charge in [0.25, 0.3) is 5.91 Å². The van der Waals surface area contributed by atoms with Crippen LogP contribution in [-0.4, -0.2) is 45.0 Å². The Hall–Kier alpha value is -3.42. The zero-order chi connectivity index (χ0) is 20.9. The second kappa shape index (κ2) is 8.94. The van der Waals surface area contributed by atoms with Crippen LogP contribution in [0.1, 0.15) is 28.8 Å². The summed E-state index contributed by atoms with van der Waals surface area (Å²) < 4.78 is 15.4. The number of para-hydroxylation sites is 1. The third-order valence-corrected chi connectivity index (χ3v) is 5.38. The summed E-state index contributed by atoms with van der Waals surface area (Å²) >= 11 is 0. The van der Waals surface area contributed by atoms with Gasteiger partial charge in [-0.1, -0.05) is 18.2 Å². The van der Waals surface area contributed by atoms with Crippen molar-refractivity contribution in [3.8, 4) is 11.5 Å². The van der Waals surface area contributed by atoms with Gasteiger partial charge in [0.1, 0.15) is 0 Å². The number of ether oxygens (including phenoxy) is 3. The fraction of sp³-hybridized carbons (Fsp3) is 0.364. The molecule has 2 N–H and O–H groups in total. The van der Waals surface area contributed by atoms with Gasteiger partial charge in [0.15, 0.2) is 11.5 Å². The number of carbonyl (C=O) groups is 2. The Labute approximate surface area is 175 Å². The van der Waals surface area contributed by atoms with Crippen LogP contribution in [0.3, 0.4) is 0 Å². The number of fused-ring (bicyclic) bond motifs is 1. The number of carbonyl (C=O) groups excluding carboxylic acids is 2. The van der Waals surface area contributed by atoms with E-state index < -0.39 is 6.09 Å². The molecule has 158 valence electrons. The maximum atomic E-state index is 12.9. The first-order valence-corrected chi connectivity index (χ1v) is 9.99. The van der Waals surface area contributed by atoms with Crippen molar-refractivity contribution in [2.75, 3.05) is 31.9 Å². The van der Waals surface area contributed by atoms with Crippen LogP contribution in [0, 0.1) is 0 Å². The highest BCUT2D eigenvalue weighted by Gasteiger charge is 2.24. The first kappa shape index (κ1) is 19.9. The van der Waals surface area contributed by atoms with Gasteiger partial charge in [-0.2, -0.15) is 0 Å². The number of hydrogen-bond acceptors (Lipinski definition) is 6. The summed E-state index contributed by atoms with van der Waals surface area (Å²) in [5.74, 6) is 1.30. The summed E-state index contributed by atoms with van der Waals surface area (Å²) in [7, 11) is 1.36. The lowest BCUT2D eigenvalue weighted by molar-refractivity contribution is 0.0951. The van der Waals surface area contributed by atoms with Crippen molar-refractivity contribution in [1.29, 1.82) is 0 Å². The van der Waals surface area contributed by atoms with Crippen molar-refractivity contribution in [2.24, 2.45) is 0 Å². The van der Waals surface area contributed by atoms with Crippen LogP contribution < -0.4 is 25.0 Å². The number of amides is 2. The SMILES string of the molecule is COC(=O)NC1CCN(c2ccccc2C(=O)NCc2ccc3c(c2)OCO3)CC1. The van der Waals surface area contributed by atoms with E-state index in [0.717, 1.165) is 42.9 Å². The van der Waals surface area contributed by atoms with Gasteiger partial charge >= 0.3 is 6.09 Å². The van der Waals surface area contributed by atoms with Gasteiger partial charge < -0.3 is 29.7 Å². The number of nitrogens with zero attached hydrogens (tertiary/aromatic N) is 1. The molecule has 0 radical (unpaired) electrons. The van der Waals surface area contributed by atoms with Crippen LogP contribution in [0.2, 0.25) is 0 Å². The highest BCUT2D eigenvalue weighted by atomic mass is 16.7. The van der Waals surface area contributed by atoms with Crippen molar-refractivity contribution in [2.45, 2.75) is 25.4 Å². The summed E-state index contributed by atoms with van der Waals surface area (Å²) in [6, 6.07) is 13.3. The molecule has 1 saturated heterocycles. The fourth-order valence-electron chi connectivity index (χ4n) is 3.76. The molecule has 2 heterocycles. The third kappa shape index (κ3) is 4.42. The number of alkyl carbamates (subject to hydrolysis) is 1. The Morgan fingerprint density at radius 3 is 2.67 bits per heavy atom. The summed E-state index contributed by atoms with van der Waals surface area (Å²) in [5, 5.41) is 5.84. The highest BCUT2D eigenvalue weighted by Crippen LogP contribution is 2.32. The number of rotatable bonds is 5. The number of piperidine rings is 1. The zero-order valence-electron chi connectivity index (χ0n) is 16.8. The van der Waals surface area contributed by atoms with Crippen molar-refractivity contribution in [3.05, 3.63) is 53.6 Å². The van der Waals surface area contributed by atoms with Crippen molar-refractivity contribution in [3.63, 3.8) is 0 Å². The first-order chi connectivity index (χ1) is 14.6. The monoisotopic (exact) mass is 411 g/mol. The maximum absolute atomic E-state index is 12.9. The predicted octanol–water partition coefficient (Wildman–Crippen LogP) is 2.67. The molecule has 0 atom stereocenters. The predicted molar refractivity (Wildman–Crippen MR) is 111 cm³/mol. The molecule has 0 unspecified atom stereocenters. The molecule has 0 bridgehead atoms. The summed E-state index contributed by atoms with van der Waals surface area (Å²) in [4.78, 5) is 26.5. The molecule has 2 aliphatic heterocycles. The van der Waals surface area contributed by atoms with E-state index in [1.54, 1.807) is 0 Å². The first-order valence-electron chi connectivity index (χ1n) is 9.99. The van der Waals surface area contributed by atoms with Crippen LogP contribution in [-0.2, 0) is 11.3 Å². The Bertz CT molecular complexity index is 925. The molecule has 0 saturated carbocycles. The quantitative estimate of drug-likeness (QED) is 0.786. The number of anilines is 1. The van der Waals surface area contributed by atoms with Crippen LogP contribution in [0.4, 0.5) is 10.5 Å². The van der Waals surface area contributed by atoms with E-state index in [0.29, 0.717) is 17.9 Å². The number of methoxy groups -OCH3 is 1. The Kier molecular flexibility index (Phi) is 5.92. The average molecular weight is 411 g/mol. The molecule has 8 heteroatoms. The molecular formula is C22H25N3O5. The second-order valence-electron chi connectivity index (χ2n) is 7.28. The molecule has 2 aliphatic rings. The number of hydrogen-bond donors (Lipinski definition) is 2. The largest absolute Gasteiger partial charge is 0.454 e. The number of benzene rings is 2. The van der Waals surface area contributed by atoms with E-state index in [9.17, 15) is 9.59 Å². The molecule has 0 aromatic heterocycles. The Morgan fingerprint density at radius 2 is 1.87 bits per heavy atom. The molecular weight excluding hydrogens is 386 g/mol. The Balaban J connectivity index is 1.38. The van der Waals surface area contributed by atoms with Gasteiger partial charge in [-0.15, -0.1) is 0 Å². The van der Waals surface area contributed by atoms with Gasteiger partial charge in [0, 0.05) is 31.4 Å². The van der Waals surface area contributed by atoms with Gasteiger partial charge in [0.2, 0.25) is 6.79 Å². The lowest BCUT2D eigenvalue weighted by Crippen LogP contribution is -2.45. The molecule has 0 aliphatic carbocycles. The van der Waals surface area contributed by atoms with Gasteiger partial charge in [-0.05, 0) is 42.7 Å². The topological polar surface area (TPSA) is 89.1 Å². The van der Waals surface area contributed by atoms with Crippen molar-refractivity contribution >= 4 is 17.7 Å². The summed E-state index contributed by atoms with van der Waals surface area (Å²) in [6.45, 7) is 2.13. The maximum Gasteiger partial charge on any atom is 0.407 e. The van der Waals surface area contributed by atoms with Crippen LogP contribution in [0.15, 0.2) is 42.5 Å². The number of nitrogens with one attached hydrogen (secondary N) is 2. The third-order valence-electron chi connectivity index (χ3n) is 5.38. The van der Waals surface area contributed by atoms with Gasteiger partial charge in [0.05, 0.1) is 12.7 Å². The zero-order valence-corrected chi connectivity index (χ0v) is 16.8.